The second-order valence-electron chi connectivity index (χ2n) is 8.66. The number of ether oxygens (including phenoxy) is 2. The van der Waals surface area contributed by atoms with E-state index in [-0.39, 0.29) is 4.88 Å². The molecule has 1 saturated heterocycles. The Morgan fingerprint density at radius 2 is 1.85 bits per heavy atom. The van der Waals surface area contributed by atoms with Crippen molar-refractivity contribution in [1.82, 2.24) is 10.2 Å². The summed E-state index contributed by atoms with van der Waals surface area (Å²) in [5, 5.41) is 14.5. The number of aliphatic hydroxyl groups excluding tert-OH is 1. The van der Waals surface area contributed by atoms with Gasteiger partial charge in [-0.15, -0.1) is 11.3 Å². The first-order valence-electron chi connectivity index (χ1n) is 11.4. The van der Waals surface area contributed by atoms with Crippen LogP contribution in [0.2, 0.25) is 0 Å². The smallest absolute Gasteiger partial charge is 0.260 e. The second-order valence-corrected chi connectivity index (χ2v) is 9.78. The molecule has 3 unspecified atom stereocenters. The van der Waals surface area contributed by atoms with E-state index in [4.69, 9.17) is 9.47 Å². The van der Waals surface area contributed by atoms with Crippen molar-refractivity contribution in [3.8, 4) is 11.5 Å². The number of aliphatic hydroxyl groups is 1. The number of alkyl halides is 1. The maximum Gasteiger partial charge on any atom is 0.260 e. The zero-order valence-electron chi connectivity index (χ0n) is 18.5. The molecular formula is C25H26F2N2O4S. The van der Waals surface area contributed by atoms with Crippen LogP contribution in [0.4, 0.5) is 8.78 Å². The van der Waals surface area contributed by atoms with Crippen LogP contribution in [-0.4, -0.2) is 54.8 Å². The highest BCUT2D eigenvalue weighted by molar-refractivity contribution is 7.19. The number of benzene rings is 2. The summed E-state index contributed by atoms with van der Waals surface area (Å²) in [5.74, 6) is -0.0972. The van der Waals surface area contributed by atoms with Gasteiger partial charge in [0.1, 0.15) is 25.1 Å². The molecule has 6 nitrogen and oxygen atoms in total. The summed E-state index contributed by atoms with van der Waals surface area (Å²) in [5.41, 5.74) is 0.557. The molecule has 0 saturated carbocycles. The number of nitrogens with one attached hydrogen (secondary N) is 1. The van der Waals surface area contributed by atoms with E-state index in [1.165, 1.54) is 18.2 Å². The van der Waals surface area contributed by atoms with E-state index in [1.54, 1.807) is 24.3 Å². The Morgan fingerprint density at radius 3 is 2.65 bits per heavy atom. The Labute approximate surface area is 200 Å². The summed E-state index contributed by atoms with van der Waals surface area (Å²) < 4.78 is 40.6. The van der Waals surface area contributed by atoms with Gasteiger partial charge in [0, 0.05) is 16.1 Å². The number of fused-ring (bicyclic) bond motifs is 2. The Balaban J connectivity index is 1.35. The minimum absolute atomic E-state index is 0.201. The highest BCUT2D eigenvalue weighted by atomic mass is 32.1. The molecule has 1 aromatic heterocycles. The molecule has 1 fully saturated rings. The minimum atomic E-state index is -1.92. The predicted octanol–water partition coefficient (Wildman–Crippen LogP) is 4.14. The third-order valence-corrected chi connectivity index (χ3v) is 7.40. The normalized spacial score (nSPS) is 18.6. The largest absolute Gasteiger partial charge is 0.486 e. The standard InChI is InChI=1S/C25H26F2N2O4S/c26-17-4-6-21-16(11-17)13-22(34-21)23(27)25(31)28-18(14-29-7-1-2-8-29)24(30)15-3-5-19-20(12-15)33-10-9-32-19/h3-6,11-13,18,23-24,30H,1-2,7-10,14H2,(H,28,31). The van der Waals surface area contributed by atoms with Gasteiger partial charge in [-0.05, 0) is 73.3 Å². The number of thiophene rings is 1. The fourth-order valence-corrected chi connectivity index (χ4v) is 5.51. The van der Waals surface area contributed by atoms with Crippen LogP contribution in [0.1, 0.15) is 35.6 Å². The third kappa shape index (κ3) is 4.87. The van der Waals surface area contributed by atoms with Gasteiger partial charge in [0.25, 0.3) is 5.91 Å². The number of hydrogen-bond donors (Lipinski definition) is 2. The van der Waals surface area contributed by atoms with Crippen molar-refractivity contribution in [3.63, 3.8) is 0 Å². The predicted molar refractivity (Wildman–Crippen MR) is 126 cm³/mol. The fourth-order valence-electron chi connectivity index (χ4n) is 4.49. The van der Waals surface area contributed by atoms with E-state index in [1.807, 2.05) is 0 Å². The molecule has 0 radical (unpaired) electrons. The Morgan fingerprint density at radius 1 is 1.09 bits per heavy atom. The molecule has 1 amide bonds. The van der Waals surface area contributed by atoms with Crippen LogP contribution in [0, 0.1) is 5.82 Å². The third-order valence-electron chi connectivity index (χ3n) is 6.25. The van der Waals surface area contributed by atoms with Crippen LogP contribution in [0.3, 0.4) is 0 Å². The topological polar surface area (TPSA) is 71.0 Å². The van der Waals surface area contributed by atoms with Crippen LogP contribution < -0.4 is 14.8 Å². The Kier molecular flexibility index (Phi) is 6.67. The fraction of sp³-hybridized carbons (Fsp3) is 0.400. The van der Waals surface area contributed by atoms with Crippen molar-refractivity contribution in [3.05, 3.63) is 58.7 Å². The van der Waals surface area contributed by atoms with Crippen molar-refractivity contribution < 1.29 is 28.2 Å². The highest BCUT2D eigenvalue weighted by Crippen LogP contribution is 2.35. The van der Waals surface area contributed by atoms with Gasteiger partial charge >= 0.3 is 0 Å². The number of nitrogens with zero attached hydrogens (tertiary/aromatic N) is 1. The van der Waals surface area contributed by atoms with Gasteiger partial charge in [0.05, 0.1) is 6.04 Å². The number of carbonyl (C=O) groups excluding carboxylic acids is 1. The summed E-state index contributed by atoms with van der Waals surface area (Å²) in [6.45, 7) is 3.00. The van der Waals surface area contributed by atoms with Gasteiger partial charge in [-0.3, -0.25) is 4.79 Å². The Bertz CT molecular complexity index is 1180. The summed E-state index contributed by atoms with van der Waals surface area (Å²) in [6, 6.07) is 10.2. The zero-order chi connectivity index (χ0) is 23.7. The molecule has 5 rings (SSSR count). The highest BCUT2D eigenvalue weighted by Gasteiger charge is 2.31. The van der Waals surface area contributed by atoms with Crippen molar-refractivity contribution in [2.45, 2.75) is 31.2 Å². The Hall–Kier alpha value is -2.75. The molecule has 3 atom stereocenters. The molecule has 2 N–H and O–H groups in total. The van der Waals surface area contributed by atoms with Gasteiger partial charge < -0.3 is 24.8 Å². The van der Waals surface area contributed by atoms with Crippen LogP contribution in [0.25, 0.3) is 10.1 Å². The lowest BCUT2D eigenvalue weighted by atomic mass is 10.0. The zero-order valence-corrected chi connectivity index (χ0v) is 19.3. The molecule has 2 aliphatic heterocycles. The van der Waals surface area contributed by atoms with E-state index in [2.05, 4.69) is 10.2 Å². The number of hydrogen-bond acceptors (Lipinski definition) is 6. The van der Waals surface area contributed by atoms with Gasteiger partial charge in [0.15, 0.2) is 11.5 Å². The van der Waals surface area contributed by atoms with E-state index < -0.39 is 30.0 Å². The summed E-state index contributed by atoms with van der Waals surface area (Å²) in [7, 11) is 0. The first kappa shape index (κ1) is 23.0. The quantitative estimate of drug-likeness (QED) is 0.523. The minimum Gasteiger partial charge on any atom is -0.486 e. The SMILES string of the molecule is O=C(NC(CN1CCCC1)C(O)c1ccc2c(c1)OCCO2)C(F)c1cc2cc(F)ccc2s1. The molecule has 3 aromatic rings. The summed E-state index contributed by atoms with van der Waals surface area (Å²) in [6.07, 6.45) is -0.895. The lowest BCUT2D eigenvalue weighted by Crippen LogP contribution is -2.47. The van der Waals surface area contributed by atoms with Crippen LogP contribution in [0.5, 0.6) is 11.5 Å². The number of rotatable bonds is 7. The second kappa shape index (κ2) is 9.85. The van der Waals surface area contributed by atoms with E-state index in [0.29, 0.717) is 46.9 Å². The monoisotopic (exact) mass is 488 g/mol. The van der Waals surface area contributed by atoms with Crippen LogP contribution in [0.15, 0.2) is 42.5 Å². The lowest BCUT2D eigenvalue weighted by Gasteiger charge is -2.29. The van der Waals surface area contributed by atoms with Gasteiger partial charge in [-0.1, -0.05) is 6.07 Å². The molecule has 0 bridgehead atoms. The molecule has 9 heteroatoms. The van der Waals surface area contributed by atoms with Crippen molar-refractivity contribution in [2.24, 2.45) is 0 Å². The van der Waals surface area contributed by atoms with Crippen LogP contribution in [-0.2, 0) is 4.79 Å². The number of halogens is 2. The number of carbonyl (C=O) groups is 1. The van der Waals surface area contributed by atoms with Crippen molar-refractivity contribution in [1.29, 1.82) is 0 Å². The molecule has 3 heterocycles. The number of likely N-dealkylation sites (tertiary alicyclic amines) is 1. The van der Waals surface area contributed by atoms with E-state index >= 15 is 4.39 Å². The molecule has 34 heavy (non-hydrogen) atoms. The molecular weight excluding hydrogens is 462 g/mol. The van der Waals surface area contributed by atoms with Crippen LogP contribution >= 0.6 is 11.3 Å². The van der Waals surface area contributed by atoms with Gasteiger partial charge in [0.2, 0.25) is 6.17 Å². The van der Waals surface area contributed by atoms with Gasteiger partial charge in [-0.25, -0.2) is 8.78 Å². The molecule has 0 spiro atoms. The maximum absolute atomic E-state index is 15.2. The summed E-state index contributed by atoms with van der Waals surface area (Å²) in [4.78, 5) is 15.3. The summed E-state index contributed by atoms with van der Waals surface area (Å²) >= 11 is 1.12. The molecule has 180 valence electrons. The average Bonchev–Trinajstić information content (AvgIpc) is 3.51. The van der Waals surface area contributed by atoms with Crippen molar-refractivity contribution >= 4 is 27.3 Å². The van der Waals surface area contributed by atoms with Crippen molar-refractivity contribution in [2.75, 3.05) is 32.8 Å². The first-order valence-corrected chi connectivity index (χ1v) is 12.2. The van der Waals surface area contributed by atoms with E-state index in [0.717, 1.165) is 37.3 Å². The van der Waals surface area contributed by atoms with Gasteiger partial charge in [-0.2, -0.15) is 0 Å². The van der Waals surface area contributed by atoms with E-state index in [9.17, 15) is 14.3 Å². The average molecular weight is 489 g/mol. The number of amides is 1. The first-order chi connectivity index (χ1) is 16.5. The maximum atomic E-state index is 15.2. The molecule has 2 aromatic carbocycles. The lowest BCUT2D eigenvalue weighted by molar-refractivity contribution is -0.127. The molecule has 2 aliphatic rings. The molecule has 0 aliphatic carbocycles.